The van der Waals surface area contributed by atoms with Crippen molar-refractivity contribution in [2.45, 2.75) is 25.7 Å². The number of halogens is 2. The average Bonchev–Trinajstić information content (AvgIpc) is 3.39. The molecule has 7 nitrogen and oxygen atoms in total. The van der Waals surface area contributed by atoms with E-state index in [2.05, 4.69) is 0 Å². The molecule has 0 saturated carbocycles. The Bertz CT molecular complexity index is 1400. The third-order valence-electron chi connectivity index (χ3n) is 7.41. The average molecular weight is 534 g/mol. The van der Waals surface area contributed by atoms with Crippen LogP contribution in [0.5, 0.6) is 0 Å². The summed E-state index contributed by atoms with van der Waals surface area (Å²) in [6.07, 6.45) is 1.63. The van der Waals surface area contributed by atoms with E-state index in [-0.39, 0.29) is 35.7 Å². The molecule has 202 valence electrons. The number of likely N-dealkylation sites (tertiary alicyclic amines) is 1. The van der Waals surface area contributed by atoms with Crippen molar-refractivity contribution in [1.82, 2.24) is 4.90 Å². The molecule has 0 unspecified atom stereocenters. The summed E-state index contributed by atoms with van der Waals surface area (Å²) in [7, 11) is 1.37. The SMILES string of the molecule is COC(=O)C1CCN(C(=O)N2CCc3c(CC(=O)N(c4cccc(F)c4)c4ccccc4F)cccc32)CC1. The van der Waals surface area contributed by atoms with Crippen LogP contribution in [0, 0.1) is 17.6 Å². The van der Waals surface area contributed by atoms with Crippen LogP contribution in [0.2, 0.25) is 0 Å². The lowest BCUT2D eigenvalue weighted by molar-refractivity contribution is -0.146. The van der Waals surface area contributed by atoms with Gasteiger partial charge in [-0.25, -0.2) is 13.6 Å². The first kappa shape index (κ1) is 26.3. The number of hydrogen-bond donors (Lipinski definition) is 0. The topological polar surface area (TPSA) is 70.2 Å². The molecule has 0 aromatic heterocycles. The van der Waals surface area contributed by atoms with Crippen molar-refractivity contribution in [2.24, 2.45) is 5.92 Å². The fourth-order valence-electron chi connectivity index (χ4n) is 5.42. The van der Waals surface area contributed by atoms with Crippen LogP contribution >= 0.6 is 0 Å². The van der Waals surface area contributed by atoms with Crippen LogP contribution < -0.4 is 9.80 Å². The Labute approximate surface area is 225 Å². The molecule has 0 spiro atoms. The quantitative estimate of drug-likeness (QED) is 0.421. The van der Waals surface area contributed by atoms with Gasteiger partial charge in [0.1, 0.15) is 11.6 Å². The molecule has 1 fully saturated rings. The van der Waals surface area contributed by atoms with Crippen molar-refractivity contribution in [3.05, 3.63) is 89.5 Å². The number of para-hydroxylation sites is 1. The number of benzene rings is 3. The van der Waals surface area contributed by atoms with Gasteiger partial charge < -0.3 is 9.64 Å². The Balaban J connectivity index is 1.37. The first-order chi connectivity index (χ1) is 18.9. The first-order valence-corrected chi connectivity index (χ1v) is 13.0. The molecule has 1 saturated heterocycles. The van der Waals surface area contributed by atoms with Gasteiger partial charge in [0.05, 0.1) is 30.8 Å². The summed E-state index contributed by atoms with van der Waals surface area (Å²) < 4.78 is 33.7. The Hall–Kier alpha value is -4.27. The van der Waals surface area contributed by atoms with Crippen LogP contribution in [0.1, 0.15) is 24.0 Å². The standard InChI is InChI=1S/C30H29F2N3O4/c1-39-29(37)20-12-15-33(16-13-20)30(38)34-17-14-24-21(6-4-11-26(24)34)18-28(36)35(23-8-5-7-22(31)19-23)27-10-3-2-9-25(27)32/h2-11,19-20H,12-18H2,1H3. The van der Waals surface area contributed by atoms with Gasteiger partial charge in [0.2, 0.25) is 5.91 Å². The highest BCUT2D eigenvalue weighted by Gasteiger charge is 2.34. The minimum Gasteiger partial charge on any atom is -0.469 e. The zero-order valence-corrected chi connectivity index (χ0v) is 21.6. The lowest BCUT2D eigenvalue weighted by atomic mass is 9.97. The molecule has 3 aromatic carbocycles. The number of amides is 3. The molecule has 3 amide bonds. The maximum absolute atomic E-state index is 14.8. The maximum atomic E-state index is 14.8. The van der Waals surface area contributed by atoms with Crippen molar-refractivity contribution in [3.8, 4) is 0 Å². The van der Waals surface area contributed by atoms with Gasteiger partial charge in [-0.05, 0) is 66.8 Å². The Morgan fingerprint density at radius 2 is 1.69 bits per heavy atom. The summed E-state index contributed by atoms with van der Waals surface area (Å²) in [6.45, 7) is 1.40. The molecule has 9 heteroatoms. The zero-order valence-electron chi connectivity index (χ0n) is 21.6. The van der Waals surface area contributed by atoms with Crippen molar-refractivity contribution >= 4 is 35.0 Å². The second kappa shape index (κ2) is 11.2. The van der Waals surface area contributed by atoms with Crippen molar-refractivity contribution in [1.29, 1.82) is 0 Å². The second-order valence-electron chi connectivity index (χ2n) is 9.72. The number of ether oxygens (including phenoxy) is 1. The summed E-state index contributed by atoms with van der Waals surface area (Å²) in [5.41, 5.74) is 2.62. The van der Waals surface area contributed by atoms with E-state index in [9.17, 15) is 23.2 Å². The van der Waals surface area contributed by atoms with Gasteiger partial charge in [-0.1, -0.05) is 30.3 Å². The minimum atomic E-state index is -0.596. The van der Waals surface area contributed by atoms with E-state index in [4.69, 9.17) is 4.74 Å². The van der Waals surface area contributed by atoms with Crippen LogP contribution in [-0.2, 0) is 27.2 Å². The monoisotopic (exact) mass is 533 g/mol. The number of methoxy groups -OCH3 is 1. The minimum absolute atomic E-state index is 0.0350. The summed E-state index contributed by atoms with van der Waals surface area (Å²) in [5.74, 6) is -1.99. The number of anilines is 3. The van der Waals surface area contributed by atoms with Crippen LogP contribution in [0.25, 0.3) is 0 Å². The van der Waals surface area contributed by atoms with Gasteiger partial charge in [-0.2, -0.15) is 0 Å². The molecular weight excluding hydrogens is 504 g/mol. The van der Waals surface area contributed by atoms with Gasteiger partial charge in [0.25, 0.3) is 0 Å². The predicted octanol–water partition coefficient (Wildman–Crippen LogP) is 5.24. The second-order valence-corrected chi connectivity index (χ2v) is 9.72. The molecule has 3 aromatic rings. The molecule has 2 aliphatic heterocycles. The maximum Gasteiger partial charge on any atom is 0.324 e. The van der Waals surface area contributed by atoms with E-state index >= 15 is 0 Å². The van der Waals surface area contributed by atoms with Gasteiger partial charge in [0, 0.05) is 25.3 Å². The normalized spacial score (nSPS) is 15.2. The number of urea groups is 1. The Morgan fingerprint density at radius 3 is 2.41 bits per heavy atom. The van der Waals surface area contributed by atoms with Gasteiger partial charge in [0.15, 0.2) is 0 Å². The molecule has 0 radical (unpaired) electrons. The summed E-state index contributed by atoms with van der Waals surface area (Å²) in [5, 5.41) is 0. The molecule has 0 N–H and O–H groups in total. The highest BCUT2D eigenvalue weighted by molar-refractivity contribution is 6.02. The predicted molar refractivity (Wildman–Crippen MR) is 143 cm³/mol. The highest BCUT2D eigenvalue weighted by atomic mass is 19.1. The molecule has 2 aliphatic rings. The number of fused-ring (bicyclic) bond motifs is 1. The van der Waals surface area contributed by atoms with Crippen LogP contribution in [0.15, 0.2) is 66.7 Å². The van der Waals surface area contributed by atoms with Crippen molar-refractivity contribution < 1.29 is 27.9 Å². The number of esters is 1. The molecule has 39 heavy (non-hydrogen) atoms. The van der Waals surface area contributed by atoms with E-state index < -0.39 is 17.5 Å². The summed E-state index contributed by atoms with van der Waals surface area (Å²) >= 11 is 0. The van der Waals surface area contributed by atoms with Gasteiger partial charge >= 0.3 is 12.0 Å². The number of rotatable bonds is 5. The number of nitrogens with zero attached hydrogens (tertiary/aromatic N) is 3. The Morgan fingerprint density at radius 1 is 0.949 bits per heavy atom. The van der Waals surface area contributed by atoms with E-state index in [0.717, 1.165) is 16.8 Å². The fraction of sp³-hybridized carbons (Fsp3) is 0.300. The van der Waals surface area contributed by atoms with Crippen LogP contribution in [-0.4, -0.2) is 49.6 Å². The smallest absolute Gasteiger partial charge is 0.324 e. The highest BCUT2D eigenvalue weighted by Crippen LogP contribution is 2.34. The summed E-state index contributed by atoms with van der Waals surface area (Å²) in [6, 6.07) is 16.7. The largest absolute Gasteiger partial charge is 0.469 e. The molecule has 2 heterocycles. The first-order valence-electron chi connectivity index (χ1n) is 13.0. The third-order valence-corrected chi connectivity index (χ3v) is 7.41. The zero-order chi connectivity index (χ0) is 27.5. The van der Waals surface area contributed by atoms with Crippen molar-refractivity contribution in [2.75, 3.05) is 36.5 Å². The molecule has 0 atom stereocenters. The van der Waals surface area contributed by atoms with E-state index in [1.54, 1.807) is 28.0 Å². The Kier molecular flexibility index (Phi) is 7.58. The lowest BCUT2D eigenvalue weighted by Gasteiger charge is -2.33. The van der Waals surface area contributed by atoms with E-state index in [1.807, 2.05) is 12.1 Å². The van der Waals surface area contributed by atoms with Gasteiger partial charge in [-0.3, -0.25) is 19.4 Å². The molecular formula is C30H29F2N3O4. The van der Waals surface area contributed by atoms with Crippen LogP contribution in [0.3, 0.4) is 0 Å². The summed E-state index contributed by atoms with van der Waals surface area (Å²) in [4.78, 5) is 43.5. The fourth-order valence-corrected chi connectivity index (χ4v) is 5.42. The number of hydrogen-bond acceptors (Lipinski definition) is 4. The van der Waals surface area contributed by atoms with Crippen molar-refractivity contribution in [3.63, 3.8) is 0 Å². The number of piperidine rings is 1. The van der Waals surface area contributed by atoms with Crippen LogP contribution in [0.4, 0.5) is 30.6 Å². The van der Waals surface area contributed by atoms with E-state index in [0.29, 0.717) is 38.9 Å². The number of carbonyl (C=O) groups is 3. The lowest BCUT2D eigenvalue weighted by Crippen LogP contribution is -2.47. The number of carbonyl (C=O) groups excluding carboxylic acids is 3. The third kappa shape index (κ3) is 5.34. The van der Waals surface area contributed by atoms with E-state index in [1.165, 1.54) is 48.4 Å². The molecule has 5 rings (SSSR count). The molecule has 0 aliphatic carbocycles. The van der Waals surface area contributed by atoms with Gasteiger partial charge in [-0.15, -0.1) is 0 Å². The molecule has 0 bridgehead atoms.